The number of nitrogens with one attached hydrogen (secondary N) is 1. The van der Waals surface area contributed by atoms with Crippen molar-refractivity contribution in [1.82, 2.24) is 0 Å². The number of rotatable bonds is 1. The van der Waals surface area contributed by atoms with Gasteiger partial charge < -0.3 is 10.1 Å². The van der Waals surface area contributed by atoms with Crippen LogP contribution in [0.4, 0.5) is 5.69 Å². The van der Waals surface area contributed by atoms with E-state index in [4.69, 9.17) is 16.3 Å². The Kier molecular flexibility index (Phi) is 2.94. The lowest BCUT2D eigenvalue weighted by Gasteiger charge is -2.12. The zero-order valence-electron chi connectivity index (χ0n) is 12.8. The van der Waals surface area contributed by atoms with Gasteiger partial charge in [0.1, 0.15) is 0 Å². The fourth-order valence-corrected chi connectivity index (χ4v) is 3.58. The maximum absolute atomic E-state index is 6.30. The van der Waals surface area contributed by atoms with Crippen LogP contribution >= 0.6 is 11.6 Å². The van der Waals surface area contributed by atoms with Crippen molar-refractivity contribution in [2.24, 2.45) is 0 Å². The van der Waals surface area contributed by atoms with Gasteiger partial charge in [-0.25, -0.2) is 0 Å². The van der Waals surface area contributed by atoms with Crippen LogP contribution < -0.4 is 10.1 Å². The number of fused-ring (bicyclic) bond motifs is 5. The lowest BCUT2D eigenvalue weighted by molar-refractivity contribution is 0.263. The summed E-state index contributed by atoms with van der Waals surface area (Å²) in [5, 5.41) is 8.79. The van der Waals surface area contributed by atoms with Crippen LogP contribution in [0.15, 0.2) is 72.8 Å². The van der Waals surface area contributed by atoms with Crippen LogP contribution in [-0.2, 0) is 0 Å². The zero-order chi connectivity index (χ0) is 16.1. The quantitative estimate of drug-likeness (QED) is 0.422. The first-order valence-corrected chi connectivity index (χ1v) is 8.30. The molecule has 5 rings (SSSR count). The second-order valence-electron chi connectivity index (χ2n) is 6.02. The van der Waals surface area contributed by atoms with Crippen LogP contribution in [0.1, 0.15) is 11.8 Å². The third-order valence-corrected chi connectivity index (χ3v) is 4.78. The van der Waals surface area contributed by atoms with Crippen LogP contribution in [0.3, 0.4) is 0 Å². The third-order valence-electron chi connectivity index (χ3n) is 4.54. The van der Waals surface area contributed by atoms with Gasteiger partial charge in [0, 0.05) is 16.0 Å². The van der Waals surface area contributed by atoms with Gasteiger partial charge in [-0.15, -0.1) is 0 Å². The Balaban J connectivity index is 1.73. The number of ether oxygens (including phenoxy) is 1. The van der Waals surface area contributed by atoms with Crippen molar-refractivity contribution in [3.63, 3.8) is 0 Å². The Morgan fingerprint density at radius 1 is 0.833 bits per heavy atom. The lowest BCUT2D eigenvalue weighted by atomic mass is 10.0. The lowest BCUT2D eigenvalue weighted by Crippen LogP contribution is -2.09. The molecule has 1 heterocycles. The Bertz CT molecular complexity index is 1080. The van der Waals surface area contributed by atoms with Crippen LogP contribution in [0, 0.1) is 0 Å². The maximum Gasteiger partial charge on any atom is 0.196 e. The molecule has 1 aliphatic rings. The topological polar surface area (TPSA) is 21.3 Å². The van der Waals surface area contributed by atoms with Gasteiger partial charge in [-0.05, 0) is 34.4 Å². The molecule has 116 valence electrons. The van der Waals surface area contributed by atoms with Gasteiger partial charge in [0.2, 0.25) is 0 Å². The molecule has 3 heteroatoms. The van der Waals surface area contributed by atoms with Crippen LogP contribution in [0.25, 0.3) is 21.5 Å². The molecule has 0 saturated carbocycles. The molecule has 2 nitrogen and oxygen atoms in total. The van der Waals surface area contributed by atoms with Crippen LogP contribution in [-0.4, -0.2) is 0 Å². The zero-order valence-corrected chi connectivity index (χ0v) is 13.5. The molecule has 0 aliphatic carbocycles. The van der Waals surface area contributed by atoms with Crippen molar-refractivity contribution in [3.05, 3.63) is 83.4 Å². The molecule has 1 aliphatic heterocycles. The second kappa shape index (κ2) is 5.15. The Morgan fingerprint density at radius 2 is 1.62 bits per heavy atom. The van der Waals surface area contributed by atoms with E-state index in [1.165, 1.54) is 5.39 Å². The summed E-state index contributed by atoms with van der Waals surface area (Å²) in [5.41, 5.74) is 2.14. The highest BCUT2D eigenvalue weighted by atomic mass is 35.5. The molecular formula is C21H14ClNO. The second-order valence-corrected chi connectivity index (χ2v) is 6.46. The molecule has 1 atom stereocenters. The van der Waals surface area contributed by atoms with E-state index in [2.05, 4.69) is 47.8 Å². The molecule has 0 saturated heterocycles. The van der Waals surface area contributed by atoms with E-state index >= 15 is 0 Å². The molecule has 1 N–H and O–H groups in total. The van der Waals surface area contributed by atoms with E-state index in [-0.39, 0.29) is 6.23 Å². The van der Waals surface area contributed by atoms with Gasteiger partial charge in [0.25, 0.3) is 0 Å². The average molecular weight is 332 g/mol. The molecular weight excluding hydrogens is 318 g/mol. The molecule has 4 aromatic rings. The first kappa shape index (κ1) is 13.7. The van der Waals surface area contributed by atoms with Crippen molar-refractivity contribution in [1.29, 1.82) is 0 Å². The number of benzene rings is 4. The normalized spacial score (nSPS) is 16.0. The number of hydrogen-bond acceptors (Lipinski definition) is 2. The molecule has 0 aromatic heterocycles. The number of hydrogen-bond donors (Lipinski definition) is 1. The van der Waals surface area contributed by atoms with Gasteiger partial charge in [-0.3, -0.25) is 0 Å². The van der Waals surface area contributed by atoms with Gasteiger partial charge >= 0.3 is 0 Å². The summed E-state index contributed by atoms with van der Waals surface area (Å²) in [5.74, 6) is 0.911. The largest absolute Gasteiger partial charge is 0.464 e. The molecule has 0 radical (unpaired) electrons. The minimum atomic E-state index is -0.158. The van der Waals surface area contributed by atoms with Crippen molar-refractivity contribution in [2.75, 3.05) is 5.32 Å². The molecule has 0 bridgehead atoms. The fourth-order valence-electron chi connectivity index (χ4n) is 3.40. The Labute approximate surface area is 144 Å². The molecule has 24 heavy (non-hydrogen) atoms. The highest BCUT2D eigenvalue weighted by Crippen LogP contribution is 2.45. The highest BCUT2D eigenvalue weighted by molar-refractivity contribution is 6.31. The predicted octanol–water partition coefficient (Wildman–Crippen LogP) is 6.15. The summed E-state index contributed by atoms with van der Waals surface area (Å²) in [4.78, 5) is 0. The van der Waals surface area contributed by atoms with E-state index < -0.39 is 0 Å². The molecule has 0 spiro atoms. The SMILES string of the molecule is Clc1ccc2c(ccc3ccc4c(c32)OC(c2ccccc2)N4)c1. The predicted molar refractivity (Wildman–Crippen MR) is 99.9 cm³/mol. The average Bonchev–Trinajstić information content (AvgIpc) is 3.06. The van der Waals surface area contributed by atoms with E-state index in [1.54, 1.807) is 0 Å². The van der Waals surface area contributed by atoms with Crippen molar-refractivity contribution >= 4 is 38.8 Å². The first-order chi connectivity index (χ1) is 11.8. The molecule has 0 amide bonds. The minimum Gasteiger partial charge on any atom is -0.464 e. The molecule has 1 unspecified atom stereocenters. The summed E-state index contributed by atoms with van der Waals surface area (Å²) in [6.45, 7) is 0. The number of anilines is 1. The Hall–Kier alpha value is -2.71. The third kappa shape index (κ3) is 2.04. The molecule has 4 aromatic carbocycles. The maximum atomic E-state index is 6.30. The minimum absolute atomic E-state index is 0.158. The summed E-state index contributed by atoms with van der Waals surface area (Å²) in [7, 11) is 0. The van der Waals surface area contributed by atoms with E-state index in [1.807, 2.05) is 30.3 Å². The van der Waals surface area contributed by atoms with Crippen LogP contribution in [0.2, 0.25) is 5.02 Å². The monoisotopic (exact) mass is 331 g/mol. The number of halogens is 1. The van der Waals surface area contributed by atoms with Crippen LogP contribution in [0.5, 0.6) is 5.75 Å². The Morgan fingerprint density at radius 3 is 2.50 bits per heavy atom. The van der Waals surface area contributed by atoms with E-state index in [9.17, 15) is 0 Å². The van der Waals surface area contributed by atoms with Crippen molar-refractivity contribution < 1.29 is 4.74 Å². The summed E-state index contributed by atoms with van der Waals surface area (Å²) in [6, 6.07) is 24.6. The van der Waals surface area contributed by atoms with E-state index in [0.717, 1.165) is 38.2 Å². The highest BCUT2D eigenvalue weighted by Gasteiger charge is 2.25. The summed E-state index contributed by atoms with van der Waals surface area (Å²) in [6.07, 6.45) is -0.158. The van der Waals surface area contributed by atoms with E-state index in [0.29, 0.717) is 0 Å². The summed E-state index contributed by atoms with van der Waals surface area (Å²) < 4.78 is 6.30. The first-order valence-electron chi connectivity index (χ1n) is 7.93. The van der Waals surface area contributed by atoms with Gasteiger partial charge in [-0.2, -0.15) is 0 Å². The van der Waals surface area contributed by atoms with Gasteiger partial charge in [0.05, 0.1) is 5.69 Å². The van der Waals surface area contributed by atoms with Gasteiger partial charge in [-0.1, -0.05) is 66.2 Å². The van der Waals surface area contributed by atoms with Crippen molar-refractivity contribution in [3.8, 4) is 5.75 Å². The molecule has 0 fully saturated rings. The summed E-state index contributed by atoms with van der Waals surface area (Å²) >= 11 is 6.15. The standard InChI is InChI=1S/C21H14ClNO/c22-16-9-10-17-15(12-16)7-6-13-8-11-18-20(19(13)17)24-21(23-18)14-4-2-1-3-5-14/h1-12,21,23H. The smallest absolute Gasteiger partial charge is 0.196 e. The van der Waals surface area contributed by atoms with Gasteiger partial charge in [0.15, 0.2) is 12.0 Å². The van der Waals surface area contributed by atoms with Crippen molar-refractivity contribution in [2.45, 2.75) is 6.23 Å². The fraction of sp³-hybridized carbons (Fsp3) is 0.0476.